The highest BCUT2D eigenvalue weighted by atomic mass is 16.5. The van der Waals surface area contributed by atoms with Crippen molar-refractivity contribution in [2.24, 2.45) is 5.73 Å². The first kappa shape index (κ1) is 10.7. The number of nitrogens with zero attached hydrogens (tertiary/aromatic N) is 1. The Morgan fingerprint density at radius 3 is 2.79 bits per heavy atom. The second-order valence-electron chi connectivity index (χ2n) is 3.13. The van der Waals surface area contributed by atoms with Crippen LogP contribution in [0.3, 0.4) is 0 Å². The van der Waals surface area contributed by atoms with Crippen LogP contribution in [0.5, 0.6) is 5.75 Å². The average Bonchev–Trinajstić information content (AvgIpc) is 2.16. The summed E-state index contributed by atoms with van der Waals surface area (Å²) in [7, 11) is 1.52. The van der Waals surface area contributed by atoms with Crippen molar-refractivity contribution in [1.82, 2.24) is 4.98 Å². The van der Waals surface area contributed by atoms with Gasteiger partial charge >= 0.3 is 0 Å². The number of ether oxygens (including phenoxy) is 1. The smallest absolute Gasteiger partial charge is 0.184 e. The third-order valence-electron chi connectivity index (χ3n) is 1.98. The molecule has 4 nitrogen and oxygen atoms in total. The first-order chi connectivity index (χ1) is 6.57. The van der Waals surface area contributed by atoms with Crippen molar-refractivity contribution in [3.05, 3.63) is 23.5 Å². The number of carbonyl (C=O) groups excluding carboxylic acids is 1. The van der Waals surface area contributed by atoms with Crippen LogP contribution in [0.1, 0.15) is 23.0 Å². The largest absolute Gasteiger partial charge is 0.496 e. The number of aryl methyl sites for hydroxylation is 1. The van der Waals surface area contributed by atoms with Gasteiger partial charge in [0.25, 0.3) is 0 Å². The number of carbonyl (C=O) groups is 1. The van der Waals surface area contributed by atoms with Gasteiger partial charge in [-0.3, -0.25) is 9.78 Å². The van der Waals surface area contributed by atoms with Crippen molar-refractivity contribution in [3.63, 3.8) is 0 Å². The Labute approximate surface area is 83.1 Å². The molecule has 0 spiro atoms. The maximum absolute atomic E-state index is 11.7. The second-order valence-corrected chi connectivity index (χ2v) is 3.13. The van der Waals surface area contributed by atoms with Crippen molar-refractivity contribution in [2.75, 3.05) is 7.11 Å². The molecule has 0 aliphatic heterocycles. The van der Waals surface area contributed by atoms with E-state index in [0.29, 0.717) is 17.0 Å². The van der Waals surface area contributed by atoms with E-state index < -0.39 is 6.04 Å². The Bertz CT molecular complexity index is 348. The number of Topliss-reactive ketones (excluding diaryl/α,β-unsaturated/α-hetero) is 1. The number of aromatic nitrogens is 1. The van der Waals surface area contributed by atoms with E-state index in [1.165, 1.54) is 7.11 Å². The molecule has 1 unspecified atom stereocenters. The fraction of sp³-hybridized carbons (Fsp3) is 0.400. The zero-order valence-corrected chi connectivity index (χ0v) is 8.57. The number of hydrogen-bond donors (Lipinski definition) is 1. The van der Waals surface area contributed by atoms with Crippen LogP contribution in [0.4, 0.5) is 0 Å². The van der Waals surface area contributed by atoms with E-state index in [1.807, 2.05) is 0 Å². The molecule has 0 aliphatic carbocycles. The predicted octanol–water partition coefficient (Wildman–Crippen LogP) is 0.929. The SMILES string of the molecule is COc1ccnc(C)c1C(=O)C(C)N. The van der Waals surface area contributed by atoms with E-state index in [0.717, 1.165) is 0 Å². The van der Waals surface area contributed by atoms with Crippen molar-refractivity contribution < 1.29 is 9.53 Å². The van der Waals surface area contributed by atoms with Crippen LogP contribution >= 0.6 is 0 Å². The van der Waals surface area contributed by atoms with E-state index in [2.05, 4.69) is 4.98 Å². The Kier molecular flexibility index (Phi) is 3.19. The molecule has 1 heterocycles. The molecule has 1 atom stereocenters. The highest BCUT2D eigenvalue weighted by molar-refractivity contribution is 6.02. The van der Waals surface area contributed by atoms with Gasteiger partial charge in [0.1, 0.15) is 5.75 Å². The minimum atomic E-state index is -0.535. The molecule has 1 rings (SSSR count). The molecule has 1 aromatic heterocycles. The van der Waals surface area contributed by atoms with Gasteiger partial charge in [0.05, 0.1) is 24.4 Å². The van der Waals surface area contributed by atoms with E-state index in [1.54, 1.807) is 26.1 Å². The average molecular weight is 194 g/mol. The van der Waals surface area contributed by atoms with Gasteiger partial charge in [-0.05, 0) is 19.9 Å². The van der Waals surface area contributed by atoms with Crippen molar-refractivity contribution in [1.29, 1.82) is 0 Å². The van der Waals surface area contributed by atoms with E-state index in [9.17, 15) is 4.79 Å². The summed E-state index contributed by atoms with van der Waals surface area (Å²) in [4.78, 5) is 15.7. The van der Waals surface area contributed by atoms with Gasteiger partial charge in [0.2, 0.25) is 0 Å². The topological polar surface area (TPSA) is 65.2 Å². The fourth-order valence-electron chi connectivity index (χ4n) is 1.24. The zero-order valence-electron chi connectivity index (χ0n) is 8.57. The highest BCUT2D eigenvalue weighted by Gasteiger charge is 2.18. The quantitative estimate of drug-likeness (QED) is 0.727. The van der Waals surface area contributed by atoms with Crippen molar-refractivity contribution >= 4 is 5.78 Å². The van der Waals surface area contributed by atoms with Crippen molar-refractivity contribution in [3.8, 4) is 5.75 Å². The summed E-state index contributed by atoms with van der Waals surface area (Å²) in [5.41, 5.74) is 6.65. The summed E-state index contributed by atoms with van der Waals surface area (Å²) in [5, 5.41) is 0. The van der Waals surface area contributed by atoms with Crippen LogP contribution in [0.25, 0.3) is 0 Å². The summed E-state index contributed by atoms with van der Waals surface area (Å²) in [6.07, 6.45) is 1.60. The van der Waals surface area contributed by atoms with E-state index >= 15 is 0 Å². The maximum atomic E-state index is 11.7. The predicted molar refractivity (Wildman–Crippen MR) is 53.5 cm³/mol. The first-order valence-electron chi connectivity index (χ1n) is 4.37. The lowest BCUT2D eigenvalue weighted by atomic mass is 10.0. The zero-order chi connectivity index (χ0) is 10.7. The molecule has 0 saturated heterocycles. The molecule has 0 fully saturated rings. The van der Waals surface area contributed by atoms with Crippen LogP contribution < -0.4 is 10.5 Å². The normalized spacial score (nSPS) is 12.3. The summed E-state index contributed by atoms with van der Waals surface area (Å²) in [6, 6.07) is 1.12. The molecule has 14 heavy (non-hydrogen) atoms. The summed E-state index contributed by atoms with van der Waals surface area (Å²) in [5.74, 6) is 0.382. The lowest BCUT2D eigenvalue weighted by molar-refractivity contribution is 0.0964. The van der Waals surface area contributed by atoms with Crippen molar-refractivity contribution in [2.45, 2.75) is 19.9 Å². The van der Waals surface area contributed by atoms with Gasteiger partial charge in [-0.2, -0.15) is 0 Å². The molecule has 0 aliphatic rings. The van der Waals surface area contributed by atoms with Gasteiger partial charge in [-0.15, -0.1) is 0 Å². The number of methoxy groups -OCH3 is 1. The second kappa shape index (κ2) is 4.19. The number of hydrogen-bond acceptors (Lipinski definition) is 4. The number of pyridine rings is 1. The minimum Gasteiger partial charge on any atom is -0.496 e. The Morgan fingerprint density at radius 2 is 2.29 bits per heavy atom. The molecular formula is C10H14N2O2. The molecular weight excluding hydrogens is 180 g/mol. The first-order valence-corrected chi connectivity index (χ1v) is 4.37. The number of ketones is 1. The molecule has 0 radical (unpaired) electrons. The Morgan fingerprint density at radius 1 is 1.64 bits per heavy atom. The van der Waals surface area contributed by atoms with E-state index in [4.69, 9.17) is 10.5 Å². The number of rotatable bonds is 3. The third-order valence-corrected chi connectivity index (χ3v) is 1.98. The van der Waals surface area contributed by atoms with Crippen LogP contribution in [0.15, 0.2) is 12.3 Å². The van der Waals surface area contributed by atoms with Crippen LogP contribution in [-0.4, -0.2) is 23.9 Å². The van der Waals surface area contributed by atoms with Crippen LogP contribution in [0, 0.1) is 6.92 Å². The number of nitrogens with two attached hydrogens (primary N) is 1. The molecule has 2 N–H and O–H groups in total. The monoisotopic (exact) mass is 194 g/mol. The molecule has 0 aromatic carbocycles. The van der Waals surface area contributed by atoms with Gasteiger partial charge in [0.15, 0.2) is 5.78 Å². The van der Waals surface area contributed by atoms with Crippen LogP contribution in [0.2, 0.25) is 0 Å². The van der Waals surface area contributed by atoms with Gasteiger partial charge < -0.3 is 10.5 Å². The lowest BCUT2D eigenvalue weighted by Crippen LogP contribution is -2.27. The molecule has 1 aromatic rings. The molecule has 0 amide bonds. The summed E-state index contributed by atoms with van der Waals surface area (Å²) >= 11 is 0. The van der Waals surface area contributed by atoms with Gasteiger partial charge in [0, 0.05) is 6.20 Å². The summed E-state index contributed by atoms with van der Waals surface area (Å²) in [6.45, 7) is 3.41. The third kappa shape index (κ3) is 1.90. The molecule has 4 heteroatoms. The van der Waals surface area contributed by atoms with E-state index in [-0.39, 0.29) is 5.78 Å². The fourth-order valence-corrected chi connectivity index (χ4v) is 1.24. The lowest BCUT2D eigenvalue weighted by Gasteiger charge is -2.11. The van der Waals surface area contributed by atoms with Gasteiger partial charge in [-0.1, -0.05) is 0 Å². The molecule has 76 valence electrons. The Balaban J connectivity index is 3.23. The van der Waals surface area contributed by atoms with Crippen LogP contribution in [-0.2, 0) is 0 Å². The van der Waals surface area contributed by atoms with Gasteiger partial charge in [-0.25, -0.2) is 0 Å². The molecule has 0 bridgehead atoms. The maximum Gasteiger partial charge on any atom is 0.184 e. The Hall–Kier alpha value is -1.42. The summed E-state index contributed by atoms with van der Waals surface area (Å²) < 4.78 is 5.08. The standard InChI is InChI=1S/C10H14N2O2/c1-6(11)10(13)9-7(2)12-5-4-8(9)14-3/h4-6H,11H2,1-3H3. The minimum absolute atomic E-state index is 0.146. The highest BCUT2D eigenvalue weighted by Crippen LogP contribution is 2.20. The molecule has 0 saturated carbocycles.